The van der Waals surface area contributed by atoms with E-state index in [1.165, 1.54) is 24.3 Å². The second kappa shape index (κ2) is 4.06. The van der Waals surface area contributed by atoms with Gasteiger partial charge in [-0.15, -0.1) is 0 Å². The monoisotopic (exact) mass is 240 g/mol. The lowest BCUT2D eigenvalue weighted by atomic mass is 10.1. The Labute approximate surface area is 83.6 Å². The van der Waals surface area contributed by atoms with Gasteiger partial charge >= 0.3 is 0 Å². The average Bonchev–Trinajstić information content (AvgIpc) is 2.10. The van der Waals surface area contributed by atoms with Gasteiger partial charge in [0, 0.05) is 11.8 Å². The number of benzene rings is 1. The highest BCUT2D eigenvalue weighted by molar-refractivity contribution is 9.10. The number of rotatable bonds is 1. The number of nitriles is 1. The number of allylic oxidation sites excluding steroid dienone is 1. The first-order valence-corrected chi connectivity index (χ1v) is 4.25. The van der Waals surface area contributed by atoms with Gasteiger partial charge in [0.05, 0.1) is 10.5 Å². The van der Waals surface area contributed by atoms with Gasteiger partial charge in [-0.2, -0.15) is 5.26 Å². The van der Waals surface area contributed by atoms with Crippen molar-refractivity contribution >= 4 is 21.6 Å². The highest BCUT2D eigenvalue weighted by atomic mass is 79.9. The van der Waals surface area contributed by atoms with Crippen LogP contribution in [-0.4, -0.2) is 0 Å². The summed E-state index contributed by atoms with van der Waals surface area (Å²) in [6, 6.07) is 6.14. The summed E-state index contributed by atoms with van der Waals surface area (Å²) in [5, 5.41) is 8.33. The van der Waals surface area contributed by atoms with Crippen LogP contribution in [-0.2, 0) is 0 Å². The van der Waals surface area contributed by atoms with Crippen LogP contribution in [0.25, 0.3) is 5.70 Å². The van der Waals surface area contributed by atoms with Crippen molar-refractivity contribution in [2.75, 3.05) is 0 Å². The molecule has 0 aromatic heterocycles. The van der Waals surface area contributed by atoms with Gasteiger partial charge in [-0.1, -0.05) is 0 Å². The quantitative estimate of drug-likeness (QED) is 0.767. The van der Waals surface area contributed by atoms with Crippen LogP contribution in [0.4, 0.5) is 4.39 Å². The molecule has 0 atom stereocenters. The van der Waals surface area contributed by atoms with E-state index < -0.39 is 0 Å². The molecule has 0 aliphatic heterocycles. The zero-order chi connectivity index (χ0) is 9.84. The Balaban J connectivity index is 3.13. The van der Waals surface area contributed by atoms with E-state index in [0.717, 1.165) is 0 Å². The van der Waals surface area contributed by atoms with Crippen LogP contribution in [0.5, 0.6) is 0 Å². The predicted molar refractivity (Wildman–Crippen MR) is 51.9 cm³/mol. The summed E-state index contributed by atoms with van der Waals surface area (Å²) in [4.78, 5) is 0. The Morgan fingerprint density at radius 3 is 2.85 bits per heavy atom. The third-order valence-corrected chi connectivity index (χ3v) is 2.08. The molecular weight excluding hydrogens is 235 g/mol. The number of nitrogens with zero attached hydrogens (tertiary/aromatic N) is 1. The molecule has 0 spiro atoms. The zero-order valence-corrected chi connectivity index (χ0v) is 8.18. The molecule has 0 radical (unpaired) electrons. The van der Waals surface area contributed by atoms with Crippen LogP contribution >= 0.6 is 15.9 Å². The average molecular weight is 241 g/mol. The molecule has 1 rings (SSSR count). The third-order valence-electron chi connectivity index (χ3n) is 1.47. The molecule has 0 unspecified atom stereocenters. The van der Waals surface area contributed by atoms with Crippen LogP contribution in [0.1, 0.15) is 5.56 Å². The summed E-state index contributed by atoms with van der Waals surface area (Å²) in [5.41, 5.74) is 6.46. The lowest BCUT2D eigenvalue weighted by Gasteiger charge is -2.00. The smallest absolute Gasteiger partial charge is 0.137 e. The molecule has 4 heteroatoms. The van der Waals surface area contributed by atoms with Gasteiger partial charge < -0.3 is 5.73 Å². The Hall–Kier alpha value is -1.34. The molecule has 0 aliphatic rings. The molecule has 0 heterocycles. The van der Waals surface area contributed by atoms with Crippen LogP contribution in [0.3, 0.4) is 0 Å². The first-order chi connectivity index (χ1) is 6.15. The Bertz CT molecular complexity index is 393. The minimum Gasteiger partial charge on any atom is -0.398 e. The summed E-state index contributed by atoms with van der Waals surface area (Å²) in [6.07, 6.45) is 1.21. The van der Waals surface area contributed by atoms with Crippen LogP contribution < -0.4 is 5.73 Å². The first-order valence-electron chi connectivity index (χ1n) is 3.46. The minimum absolute atomic E-state index is 0.322. The Morgan fingerprint density at radius 2 is 2.31 bits per heavy atom. The van der Waals surface area contributed by atoms with E-state index in [1.54, 1.807) is 6.07 Å². The lowest BCUT2D eigenvalue weighted by molar-refractivity contribution is 0.621. The number of hydrogen-bond donors (Lipinski definition) is 1. The van der Waals surface area contributed by atoms with Crippen molar-refractivity contribution in [2.24, 2.45) is 5.73 Å². The molecule has 1 aromatic rings. The van der Waals surface area contributed by atoms with Crippen molar-refractivity contribution in [1.82, 2.24) is 0 Å². The number of nitrogens with two attached hydrogens (primary N) is 1. The molecule has 0 amide bonds. The number of halogens is 2. The van der Waals surface area contributed by atoms with Crippen molar-refractivity contribution < 1.29 is 4.39 Å². The van der Waals surface area contributed by atoms with Crippen molar-refractivity contribution in [3.63, 3.8) is 0 Å². The molecule has 0 saturated heterocycles. The molecule has 0 fully saturated rings. The molecule has 13 heavy (non-hydrogen) atoms. The van der Waals surface area contributed by atoms with E-state index in [1.807, 2.05) is 0 Å². The standard InChI is InChI=1S/C9H6BrFN2/c10-7-5-6(1-2-8(7)11)9(13)3-4-12/h1-3,5H,13H2/b9-3+. The maximum absolute atomic E-state index is 12.8. The second-order valence-electron chi connectivity index (χ2n) is 2.36. The van der Waals surface area contributed by atoms with Crippen molar-refractivity contribution in [2.45, 2.75) is 0 Å². The largest absolute Gasteiger partial charge is 0.398 e. The summed E-state index contributed by atoms with van der Waals surface area (Å²) in [7, 11) is 0. The van der Waals surface area contributed by atoms with E-state index in [0.29, 0.717) is 15.7 Å². The molecule has 2 nitrogen and oxygen atoms in total. The number of hydrogen-bond acceptors (Lipinski definition) is 2. The highest BCUT2D eigenvalue weighted by Crippen LogP contribution is 2.19. The highest BCUT2D eigenvalue weighted by Gasteiger charge is 2.01. The fourth-order valence-corrected chi connectivity index (χ4v) is 1.21. The summed E-state index contributed by atoms with van der Waals surface area (Å²) < 4.78 is 13.1. The third kappa shape index (κ3) is 2.30. The summed E-state index contributed by atoms with van der Waals surface area (Å²) in [6.45, 7) is 0. The van der Waals surface area contributed by atoms with Gasteiger partial charge in [-0.25, -0.2) is 4.39 Å². The zero-order valence-electron chi connectivity index (χ0n) is 6.59. The summed E-state index contributed by atoms with van der Waals surface area (Å²) in [5.74, 6) is -0.353. The normalized spacial score (nSPS) is 11.0. The van der Waals surface area contributed by atoms with Crippen molar-refractivity contribution in [3.8, 4) is 6.07 Å². The molecule has 2 N–H and O–H groups in total. The van der Waals surface area contributed by atoms with E-state index in [2.05, 4.69) is 15.9 Å². The lowest BCUT2D eigenvalue weighted by Crippen LogP contribution is -1.96. The first kappa shape index (κ1) is 9.75. The fraction of sp³-hybridized carbons (Fsp3) is 0. The van der Waals surface area contributed by atoms with E-state index in [-0.39, 0.29) is 5.82 Å². The molecule has 0 saturated carbocycles. The van der Waals surface area contributed by atoms with Crippen LogP contribution in [0.2, 0.25) is 0 Å². The maximum Gasteiger partial charge on any atom is 0.137 e. The molecule has 66 valence electrons. The van der Waals surface area contributed by atoms with Crippen LogP contribution in [0, 0.1) is 17.1 Å². The van der Waals surface area contributed by atoms with Gasteiger partial charge in [0.1, 0.15) is 5.82 Å². The molecule has 1 aromatic carbocycles. The minimum atomic E-state index is -0.353. The van der Waals surface area contributed by atoms with Gasteiger partial charge in [0.25, 0.3) is 0 Å². The van der Waals surface area contributed by atoms with E-state index in [4.69, 9.17) is 11.0 Å². The van der Waals surface area contributed by atoms with E-state index >= 15 is 0 Å². The van der Waals surface area contributed by atoms with Gasteiger partial charge in [0.2, 0.25) is 0 Å². The van der Waals surface area contributed by atoms with Crippen molar-refractivity contribution in [1.29, 1.82) is 5.26 Å². The second-order valence-corrected chi connectivity index (χ2v) is 3.21. The van der Waals surface area contributed by atoms with Gasteiger partial charge in [0.15, 0.2) is 0 Å². The van der Waals surface area contributed by atoms with Crippen molar-refractivity contribution in [3.05, 3.63) is 40.1 Å². The van der Waals surface area contributed by atoms with Crippen LogP contribution in [0.15, 0.2) is 28.7 Å². The van der Waals surface area contributed by atoms with E-state index in [9.17, 15) is 4.39 Å². The molecule has 0 bridgehead atoms. The van der Waals surface area contributed by atoms with Gasteiger partial charge in [-0.05, 0) is 39.7 Å². The predicted octanol–water partition coefficient (Wildman–Crippen LogP) is 2.41. The molecule has 0 aliphatic carbocycles. The summed E-state index contributed by atoms with van der Waals surface area (Å²) >= 11 is 3.02. The SMILES string of the molecule is N#C/C=C(/N)c1ccc(F)c(Br)c1. The maximum atomic E-state index is 12.8. The topological polar surface area (TPSA) is 49.8 Å². The Morgan fingerprint density at radius 1 is 1.62 bits per heavy atom. The fourth-order valence-electron chi connectivity index (χ4n) is 0.829. The van der Waals surface area contributed by atoms with Gasteiger partial charge in [-0.3, -0.25) is 0 Å². The Kier molecular flexibility index (Phi) is 3.04. The molecular formula is C9H6BrFN2.